The van der Waals surface area contributed by atoms with Crippen LogP contribution in [0, 0.1) is 5.92 Å². The predicted molar refractivity (Wildman–Crippen MR) is 85.0 cm³/mol. The highest BCUT2D eigenvalue weighted by Gasteiger charge is 2.27. The summed E-state index contributed by atoms with van der Waals surface area (Å²) in [5.41, 5.74) is 6.03. The lowest BCUT2D eigenvalue weighted by atomic mass is 10.1. The van der Waals surface area contributed by atoms with Gasteiger partial charge in [-0.25, -0.2) is 0 Å². The van der Waals surface area contributed by atoms with Gasteiger partial charge in [0.2, 0.25) is 0 Å². The molecule has 2 aliphatic rings. The summed E-state index contributed by atoms with van der Waals surface area (Å²) in [5.74, 6) is 1.30. The fourth-order valence-electron chi connectivity index (χ4n) is 2.80. The van der Waals surface area contributed by atoms with Crippen LogP contribution in [0.4, 0.5) is 0 Å². The average Bonchev–Trinajstić information content (AvgIpc) is 3.29. The van der Waals surface area contributed by atoms with Crippen molar-refractivity contribution in [3.8, 4) is 0 Å². The first kappa shape index (κ1) is 15.6. The summed E-state index contributed by atoms with van der Waals surface area (Å²) in [6.07, 6.45) is 2.54. The fourth-order valence-corrected chi connectivity index (χ4v) is 2.80. The van der Waals surface area contributed by atoms with Gasteiger partial charge in [-0.3, -0.25) is 4.99 Å². The van der Waals surface area contributed by atoms with Gasteiger partial charge in [-0.1, -0.05) is 13.8 Å². The lowest BCUT2D eigenvalue weighted by molar-refractivity contribution is 0.125. The van der Waals surface area contributed by atoms with Gasteiger partial charge in [-0.15, -0.1) is 0 Å². The Labute approximate surface area is 123 Å². The Hall–Kier alpha value is -0.810. The molecule has 2 fully saturated rings. The first-order valence-corrected chi connectivity index (χ1v) is 8.07. The average molecular weight is 281 g/mol. The van der Waals surface area contributed by atoms with E-state index in [1.165, 1.54) is 45.6 Å². The maximum atomic E-state index is 6.03. The minimum absolute atomic E-state index is 0.578. The second-order valence-electron chi connectivity index (χ2n) is 6.38. The Morgan fingerprint density at radius 1 is 1.25 bits per heavy atom. The van der Waals surface area contributed by atoms with Crippen LogP contribution in [0.2, 0.25) is 0 Å². The number of rotatable bonds is 6. The van der Waals surface area contributed by atoms with E-state index < -0.39 is 0 Å². The predicted octanol–water partition coefficient (Wildman–Crippen LogP) is 0.669. The number of nitrogens with two attached hydrogens (primary N) is 1. The van der Waals surface area contributed by atoms with Gasteiger partial charge in [0.1, 0.15) is 0 Å². The van der Waals surface area contributed by atoms with Crippen molar-refractivity contribution in [2.45, 2.75) is 32.7 Å². The molecule has 1 aliphatic carbocycles. The summed E-state index contributed by atoms with van der Waals surface area (Å²) < 4.78 is 0. The molecule has 5 nitrogen and oxygen atoms in total. The van der Waals surface area contributed by atoms with Crippen LogP contribution in [0.3, 0.4) is 0 Å². The smallest absolute Gasteiger partial charge is 0.191 e. The molecule has 5 heteroatoms. The van der Waals surface area contributed by atoms with Crippen LogP contribution in [0.5, 0.6) is 0 Å². The zero-order valence-electron chi connectivity index (χ0n) is 13.4. The maximum Gasteiger partial charge on any atom is 0.191 e. The van der Waals surface area contributed by atoms with Crippen LogP contribution in [-0.2, 0) is 0 Å². The molecule has 1 heterocycles. The quantitative estimate of drug-likeness (QED) is 0.574. The van der Waals surface area contributed by atoms with E-state index in [1.807, 2.05) is 0 Å². The zero-order valence-corrected chi connectivity index (χ0v) is 13.4. The first-order chi connectivity index (χ1) is 9.60. The topological polar surface area (TPSA) is 48.1 Å². The Bertz CT molecular complexity index is 318. The van der Waals surface area contributed by atoms with E-state index in [2.05, 4.69) is 40.6 Å². The maximum absolute atomic E-state index is 6.03. The standard InChI is InChI=1S/C15H31N5/c1-4-19-7-9-20(10-8-19)12-13(2)11-17-15(16)18(3)14-5-6-14/h13-14H,4-12H2,1-3H3,(H2,16,17). The summed E-state index contributed by atoms with van der Waals surface area (Å²) in [6.45, 7) is 12.5. The van der Waals surface area contributed by atoms with Crippen molar-refractivity contribution in [3.05, 3.63) is 0 Å². The molecule has 1 saturated carbocycles. The highest BCUT2D eigenvalue weighted by atomic mass is 15.3. The molecule has 1 atom stereocenters. The summed E-state index contributed by atoms with van der Waals surface area (Å²) in [7, 11) is 2.06. The van der Waals surface area contributed by atoms with Crippen molar-refractivity contribution in [1.29, 1.82) is 0 Å². The summed E-state index contributed by atoms with van der Waals surface area (Å²) in [6, 6.07) is 0.649. The lowest BCUT2D eigenvalue weighted by Crippen LogP contribution is -2.47. The molecule has 0 aromatic heterocycles. The summed E-state index contributed by atoms with van der Waals surface area (Å²) in [4.78, 5) is 11.8. The molecule has 20 heavy (non-hydrogen) atoms. The van der Waals surface area contributed by atoms with Crippen molar-refractivity contribution in [3.63, 3.8) is 0 Å². The van der Waals surface area contributed by atoms with Crippen LogP contribution in [-0.4, -0.2) is 79.6 Å². The van der Waals surface area contributed by atoms with Gasteiger partial charge < -0.3 is 20.4 Å². The number of aliphatic imine (C=N–C) groups is 1. The molecule has 0 amide bonds. The molecule has 1 saturated heterocycles. The van der Waals surface area contributed by atoms with Crippen molar-refractivity contribution in [2.75, 3.05) is 52.9 Å². The third-order valence-electron chi connectivity index (χ3n) is 4.50. The molecular weight excluding hydrogens is 250 g/mol. The second kappa shape index (κ2) is 7.27. The van der Waals surface area contributed by atoms with Gasteiger partial charge in [0.15, 0.2) is 5.96 Å². The van der Waals surface area contributed by atoms with Crippen molar-refractivity contribution in [1.82, 2.24) is 14.7 Å². The number of guanidine groups is 1. The van der Waals surface area contributed by atoms with Gasteiger partial charge in [0, 0.05) is 52.4 Å². The van der Waals surface area contributed by atoms with Crippen LogP contribution in [0.15, 0.2) is 4.99 Å². The van der Waals surface area contributed by atoms with Gasteiger partial charge >= 0.3 is 0 Å². The van der Waals surface area contributed by atoms with E-state index in [0.717, 1.165) is 19.0 Å². The van der Waals surface area contributed by atoms with Crippen molar-refractivity contribution in [2.24, 2.45) is 16.6 Å². The summed E-state index contributed by atoms with van der Waals surface area (Å²) in [5, 5.41) is 0. The third kappa shape index (κ3) is 4.63. The van der Waals surface area contributed by atoms with Crippen molar-refractivity contribution < 1.29 is 0 Å². The van der Waals surface area contributed by atoms with Gasteiger partial charge in [-0.05, 0) is 25.3 Å². The molecule has 0 spiro atoms. The molecular formula is C15H31N5. The van der Waals surface area contributed by atoms with E-state index in [4.69, 9.17) is 5.73 Å². The molecule has 0 aromatic rings. The number of likely N-dealkylation sites (N-methyl/N-ethyl adjacent to an activating group) is 1. The fraction of sp³-hybridized carbons (Fsp3) is 0.933. The summed E-state index contributed by atoms with van der Waals surface area (Å²) >= 11 is 0. The van der Waals surface area contributed by atoms with Gasteiger partial charge in [0.25, 0.3) is 0 Å². The Morgan fingerprint density at radius 2 is 1.85 bits per heavy atom. The Morgan fingerprint density at radius 3 is 2.40 bits per heavy atom. The minimum Gasteiger partial charge on any atom is -0.370 e. The third-order valence-corrected chi connectivity index (χ3v) is 4.50. The lowest BCUT2D eigenvalue weighted by Gasteiger charge is -2.35. The van der Waals surface area contributed by atoms with E-state index >= 15 is 0 Å². The number of hydrogen-bond donors (Lipinski definition) is 1. The van der Waals surface area contributed by atoms with Crippen LogP contribution in [0.1, 0.15) is 26.7 Å². The highest BCUT2D eigenvalue weighted by Crippen LogP contribution is 2.24. The molecule has 2 rings (SSSR count). The van der Waals surface area contributed by atoms with E-state index in [9.17, 15) is 0 Å². The Kier molecular flexibility index (Phi) is 5.66. The van der Waals surface area contributed by atoms with E-state index in [1.54, 1.807) is 0 Å². The zero-order chi connectivity index (χ0) is 14.5. The van der Waals surface area contributed by atoms with Gasteiger partial charge in [0.05, 0.1) is 0 Å². The van der Waals surface area contributed by atoms with E-state index in [-0.39, 0.29) is 0 Å². The molecule has 1 unspecified atom stereocenters. The monoisotopic (exact) mass is 281 g/mol. The molecule has 0 aromatic carbocycles. The minimum atomic E-state index is 0.578. The number of piperazine rings is 1. The van der Waals surface area contributed by atoms with E-state index in [0.29, 0.717) is 12.0 Å². The van der Waals surface area contributed by atoms with Crippen LogP contribution < -0.4 is 5.73 Å². The largest absolute Gasteiger partial charge is 0.370 e. The second-order valence-corrected chi connectivity index (χ2v) is 6.38. The first-order valence-electron chi connectivity index (χ1n) is 8.07. The number of nitrogens with zero attached hydrogens (tertiary/aromatic N) is 4. The molecule has 116 valence electrons. The Balaban J connectivity index is 1.67. The molecule has 1 aliphatic heterocycles. The van der Waals surface area contributed by atoms with Crippen molar-refractivity contribution >= 4 is 5.96 Å². The van der Waals surface area contributed by atoms with Crippen LogP contribution >= 0.6 is 0 Å². The molecule has 0 radical (unpaired) electrons. The molecule has 2 N–H and O–H groups in total. The number of hydrogen-bond acceptors (Lipinski definition) is 3. The normalized spacial score (nSPS) is 23.9. The van der Waals surface area contributed by atoms with Gasteiger partial charge in [-0.2, -0.15) is 0 Å². The SMILES string of the molecule is CCN1CCN(CC(C)CN=C(N)N(C)C2CC2)CC1. The highest BCUT2D eigenvalue weighted by molar-refractivity contribution is 5.78. The van der Waals surface area contributed by atoms with Crippen LogP contribution in [0.25, 0.3) is 0 Å². The molecule has 0 bridgehead atoms.